The number of carbonyl (C=O) groups excluding carboxylic acids is 1. The molecule has 6 aliphatic rings. The highest BCUT2D eigenvalue weighted by Crippen LogP contribution is 2.71. The summed E-state index contributed by atoms with van der Waals surface area (Å²) in [5.74, 6) is 1.73. The predicted molar refractivity (Wildman–Crippen MR) is 136 cm³/mol. The van der Waals surface area contributed by atoms with Gasteiger partial charge >= 0.3 is 0 Å². The van der Waals surface area contributed by atoms with Gasteiger partial charge in [-0.2, -0.15) is 4.98 Å². The maximum atomic E-state index is 14.1. The monoisotopic (exact) mass is 543 g/mol. The normalized spacial score (nSPS) is 35.3. The number of amides is 1. The van der Waals surface area contributed by atoms with Gasteiger partial charge in [-0.05, 0) is 86.8 Å². The molecule has 4 bridgehead atoms. The molecule has 0 spiro atoms. The topological polar surface area (TPSA) is 59.2 Å². The number of aromatic nitrogens is 2. The number of rotatable bonds is 6. The van der Waals surface area contributed by atoms with E-state index in [0.717, 1.165) is 66.9 Å². The van der Waals surface area contributed by atoms with Crippen molar-refractivity contribution in [2.45, 2.75) is 101 Å². The average molecular weight is 545 g/mol. The predicted octanol–water partition coefficient (Wildman–Crippen LogP) is 7.04. The Bertz CT molecular complexity index is 1120. The van der Waals surface area contributed by atoms with Crippen LogP contribution in [0.3, 0.4) is 0 Å². The van der Waals surface area contributed by atoms with E-state index in [0.29, 0.717) is 25.7 Å². The number of carbonyl (C=O) groups is 1. The Morgan fingerprint density at radius 2 is 1.74 bits per heavy atom. The molecule has 6 saturated carbocycles. The zero-order chi connectivity index (χ0) is 24.7. The molecule has 0 saturated heterocycles. The lowest BCUT2D eigenvalue weighted by Crippen LogP contribution is -2.65. The molecule has 0 aliphatic heterocycles. The van der Waals surface area contributed by atoms with E-state index >= 15 is 0 Å². The van der Waals surface area contributed by atoms with Crippen molar-refractivity contribution in [2.75, 3.05) is 11.4 Å². The summed E-state index contributed by atoms with van der Waals surface area (Å²) in [4.78, 5) is 20.5. The summed E-state index contributed by atoms with van der Waals surface area (Å²) in [5, 5.41) is 4.30. The van der Waals surface area contributed by atoms with Crippen LogP contribution in [0.1, 0.15) is 96.7 Å². The van der Waals surface area contributed by atoms with Crippen LogP contribution in [0.2, 0.25) is 0 Å². The number of nitrogens with zero attached hydrogens (tertiary/aromatic N) is 3. The van der Waals surface area contributed by atoms with Crippen LogP contribution < -0.4 is 4.90 Å². The maximum absolute atomic E-state index is 14.1. The third-order valence-corrected chi connectivity index (χ3v) is 9.96. The minimum Gasteiger partial charge on any atom is -0.339 e. The fourth-order valence-corrected chi connectivity index (χ4v) is 7.72. The lowest BCUT2D eigenvalue weighted by Gasteiger charge is -2.66. The molecule has 188 valence electrons. The van der Waals surface area contributed by atoms with Crippen molar-refractivity contribution in [1.82, 2.24) is 10.1 Å². The van der Waals surface area contributed by atoms with Crippen LogP contribution in [0.4, 0.5) is 10.1 Å². The van der Waals surface area contributed by atoms with Crippen molar-refractivity contribution in [2.24, 2.45) is 10.8 Å². The Labute approximate surface area is 215 Å². The zero-order valence-electron chi connectivity index (χ0n) is 21.0. The van der Waals surface area contributed by atoms with Gasteiger partial charge in [0.1, 0.15) is 5.67 Å². The van der Waals surface area contributed by atoms with E-state index in [2.05, 4.69) is 41.9 Å². The summed E-state index contributed by atoms with van der Waals surface area (Å²) in [6, 6.07) is 8.05. The molecule has 0 unspecified atom stereocenters. The van der Waals surface area contributed by atoms with Crippen LogP contribution in [-0.2, 0) is 15.6 Å². The number of fused-ring (bicyclic) bond motifs is 3. The van der Waals surface area contributed by atoms with Crippen LogP contribution in [0.15, 0.2) is 33.3 Å². The smallest absolute Gasteiger partial charge is 0.232 e. The van der Waals surface area contributed by atoms with E-state index in [1.165, 1.54) is 0 Å². The van der Waals surface area contributed by atoms with Crippen LogP contribution in [0.5, 0.6) is 0 Å². The second kappa shape index (κ2) is 7.62. The van der Waals surface area contributed by atoms with E-state index in [1.54, 1.807) is 0 Å². The number of alkyl halides is 1. The van der Waals surface area contributed by atoms with Gasteiger partial charge in [-0.1, -0.05) is 47.9 Å². The number of halogens is 2. The van der Waals surface area contributed by atoms with Gasteiger partial charge in [0.25, 0.3) is 0 Å². The SMILES string of the molecule is CC(C)(C)c1noc(C23CCC(CN(C(=O)CC45CC(F)(C4)C5)c4cccc(Br)c4)(CC2)CC3)n1. The molecule has 1 amide bonds. The second-order valence-electron chi connectivity index (χ2n) is 13.3. The molecule has 7 heteroatoms. The van der Waals surface area contributed by atoms with E-state index < -0.39 is 5.67 Å². The molecule has 0 atom stereocenters. The lowest BCUT2D eigenvalue weighted by atomic mass is 9.41. The first-order valence-electron chi connectivity index (χ1n) is 13.0. The Kier molecular flexibility index (Phi) is 5.15. The maximum Gasteiger partial charge on any atom is 0.232 e. The molecular formula is C28H35BrFN3O2. The summed E-state index contributed by atoms with van der Waals surface area (Å²) < 4.78 is 20.9. The number of hydrogen-bond acceptors (Lipinski definition) is 4. The molecular weight excluding hydrogens is 509 g/mol. The van der Waals surface area contributed by atoms with Gasteiger partial charge in [-0.15, -0.1) is 0 Å². The molecule has 6 fully saturated rings. The molecule has 8 rings (SSSR count). The van der Waals surface area contributed by atoms with Crippen molar-refractivity contribution in [3.05, 3.63) is 40.5 Å². The Balaban J connectivity index is 1.20. The van der Waals surface area contributed by atoms with Crippen molar-refractivity contribution >= 4 is 27.5 Å². The highest BCUT2D eigenvalue weighted by Gasteiger charge is 2.69. The van der Waals surface area contributed by atoms with Gasteiger partial charge in [0, 0.05) is 34.0 Å². The first-order valence-corrected chi connectivity index (χ1v) is 13.8. The van der Waals surface area contributed by atoms with Crippen LogP contribution in [-0.4, -0.2) is 28.3 Å². The minimum atomic E-state index is -0.975. The molecule has 1 heterocycles. The molecule has 1 aromatic carbocycles. The van der Waals surface area contributed by atoms with Gasteiger partial charge in [-0.25, -0.2) is 4.39 Å². The third kappa shape index (κ3) is 3.96. The molecule has 5 nitrogen and oxygen atoms in total. The van der Waals surface area contributed by atoms with Crippen LogP contribution in [0.25, 0.3) is 0 Å². The molecule has 1 aromatic heterocycles. The van der Waals surface area contributed by atoms with Gasteiger partial charge in [0.05, 0.1) is 0 Å². The highest BCUT2D eigenvalue weighted by molar-refractivity contribution is 9.10. The summed E-state index contributed by atoms with van der Waals surface area (Å²) in [6.07, 6.45) is 8.37. The van der Waals surface area contributed by atoms with Crippen molar-refractivity contribution in [3.63, 3.8) is 0 Å². The second-order valence-corrected chi connectivity index (χ2v) is 14.2. The van der Waals surface area contributed by atoms with Gasteiger partial charge in [0.15, 0.2) is 5.82 Å². The van der Waals surface area contributed by atoms with Crippen molar-refractivity contribution < 1.29 is 13.7 Å². The van der Waals surface area contributed by atoms with Gasteiger partial charge < -0.3 is 9.42 Å². The van der Waals surface area contributed by atoms with Crippen molar-refractivity contribution in [1.29, 1.82) is 0 Å². The molecule has 0 N–H and O–H groups in total. The fourth-order valence-electron chi connectivity index (χ4n) is 7.33. The molecule has 6 aliphatic carbocycles. The first kappa shape index (κ1) is 23.6. The number of hydrogen-bond donors (Lipinski definition) is 0. The van der Waals surface area contributed by atoms with E-state index in [4.69, 9.17) is 9.51 Å². The highest BCUT2D eigenvalue weighted by atomic mass is 79.9. The summed E-state index contributed by atoms with van der Waals surface area (Å²) in [7, 11) is 0. The van der Waals surface area contributed by atoms with Gasteiger partial charge in [-0.3, -0.25) is 4.79 Å². The number of benzene rings is 1. The quantitative estimate of drug-likeness (QED) is 0.392. The largest absolute Gasteiger partial charge is 0.339 e. The van der Waals surface area contributed by atoms with Crippen molar-refractivity contribution in [3.8, 4) is 0 Å². The third-order valence-electron chi connectivity index (χ3n) is 9.47. The van der Waals surface area contributed by atoms with Crippen LogP contribution in [0, 0.1) is 10.8 Å². The van der Waals surface area contributed by atoms with E-state index in [-0.39, 0.29) is 27.6 Å². The summed E-state index contributed by atoms with van der Waals surface area (Å²) in [6.45, 7) is 7.06. The van der Waals surface area contributed by atoms with Gasteiger partial charge in [0.2, 0.25) is 11.8 Å². The fraction of sp³-hybridized carbons (Fsp3) is 0.679. The lowest BCUT2D eigenvalue weighted by molar-refractivity contribution is -0.215. The van der Waals surface area contributed by atoms with E-state index in [9.17, 15) is 9.18 Å². The first-order chi connectivity index (χ1) is 16.4. The minimum absolute atomic E-state index is 0.0237. The molecule has 35 heavy (non-hydrogen) atoms. The zero-order valence-corrected chi connectivity index (χ0v) is 22.6. The Morgan fingerprint density at radius 1 is 1.09 bits per heavy atom. The Morgan fingerprint density at radius 3 is 2.29 bits per heavy atom. The molecule has 2 aromatic rings. The van der Waals surface area contributed by atoms with E-state index in [1.807, 2.05) is 29.2 Å². The summed E-state index contributed by atoms with van der Waals surface area (Å²) >= 11 is 3.58. The summed E-state index contributed by atoms with van der Waals surface area (Å²) in [5.41, 5.74) is -0.174. The average Bonchev–Trinajstić information content (AvgIpc) is 3.29. The molecule has 0 radical (unpaired) electrons. The number of anilines is 1. The Hall–Kier alpha value is -1.76. The standard InChI is InChI=1S/C28H35BrFN3O2/c1-24(2,3)22-31-23(35-32-22)27-10-7-25(8-11-27,9-12-27)18-33(20-6-4-5-19(29)13-20)21(34)14-26-15-28(30,16-26)17-26/h4-6,13H,7-12,14-18H2,1-3H3. The van der Waals surface area contributed by atoms with Crippen LogP contribution >= 0.6 is 15.9 Å².